The minimum Gasteiger partial charge on any atom is -0.346 e. The molecule has 0 aliphatic rings. The third-order valence-electron chi connectivity index (χ3n) is 2.71. The van der Waals surface area contributed by atoms with E-state index in [2.05, 4.69) is 26.2 Å². The van der Waals surface area contributed by atoms with Crippen molar-refractivity contribution >= 4 is 21.8 Å². The summed E-state index contributed by atoms with van der Waals surface area (Å²) in [5, 5.41) is 2.66. The molecule has 0 spiro atoms. The summed E-state index contributed by atoms with van der Waals surface area (Å²) in [6.07, 6.45) is 1.66. The summed E-state index contributed by atoms with van der Waals surface area (Å²) < 4.78 is 14.2. The molecule has 3 nitrogen and oxygen atoms in total. The lowest BCUT2D eigenvalue weighted by molar-refractivity contribution is 0.0946. The van der Waals surface area contributed by atoms with E-state index in [1.165, 1.54) is 12.1 Å². The first-order chi connectivity index (χ1) is 9.08. The number of aromatic nitrogens is 1. The molecule has 0 saturated heterocycles. The molecule has 1 heterocycles. The number of carbonyl (C=O) groups excluding carboxylic acids is 1. The Hall–Kier alpha value is -1.75. The topological polar surface area (TPSA) is 42.0 Å². The zero-order valence-corrected chi connectivity index (χ0v) is 11.9. The number of hydrogen-bond donors (Lipinski definition) is 1. The Morgan fingerprint density at radius 1 is 1.42 bits per heavy atom. The number of nitrogens with zero attached hydrogens (tertiary/aromatic N) is 1. The van der Waals surface area contributed by atoms with E-state index >= 15 is 0 Å². The quantitative estimate of drug-likeness (QED) is 0.942. The molecule has 1 amide bonds. The number of halogens is 2. The first-order valence-corrected chi connectivity index (χ1v) is 6.51. The van der Waals surface area contributed by atoms with Crippen LogP contribution in [0.3, 0.4) is 0 Å². The average Bonchev–Trinajstić information content (AvgIpc) is 2.40. The maximum atomic E-state index is 13.5. The third kappa shape index (κ3) is 3.38. The van der Waals surface area contributed by atoms with E-state index in [4.69, 9.17) is 0 Å². The Morgan fingerprint density at radius 2 is 2.21 bits per heavy atom. The van der Waals surface area contributed by atoms with Gasteiger partial charge < -0.3 is 5.32 Å². The van der Waals surface area contributed by atoms with Crippen LogP contribution < -0.4 is 5.32 Å². The van der Waals surface area contributed by atoms with E-state index in [9.17, 15) is 9.18 Å². The largest absolute Gasteiger partial charge is 0.346 e. The highest BCUT2D eigenvalue weighted by molar-refractivity contribution is 9.10. The summed E-state index contributed by atoms with van der Waals surface area (Å²) in [6, 6.07) is 8.00. The molecule has 2 rings (SSSR count). The Morgan fingerprint density at radius 3 is 2.95 bits per heavy atom. The van der Waals surface area contributed by atoms with Gasteiger partial charge in [0, 0.05) is 10.7 Å². The van der Waals surface area contributed by atoms with Gasteiger partial charge in [0.1, 0.15) is 5.82 Å². The number of amides is 1. The molecule has 1 aromatic heterocycles. The Kier molecular flexibility index (Phi) is 4.27. The lowest BCUT2D eigenvalue weighted by Crippen LogP contribution is -2.24. The smallest absolute Gasteiger partial charge is 0.254 e. The Balaban J connectivity index is 2.10. The first kappa shape index (κ1) is 13.7. The maximum absolute atomic E-state index is 13.5. The van der Waals surface area contributed by atoms with Crippen molar-refractivity contribution in [1.82, 2.24) is 10.3 Å². The van der Waals surface area contributed by atoms with Gasteiger partial charge in [-0.25, -0.2) is 4.39 Å². The fourth-order valence-electron chi connectivity index (χ4n) is 1.63. The minimum atomic E-state index is -0.543. The standard InChI is InChI=1S/C14H12BrFN2O/c1-9-3-2-6-17-13(9)8-18-14(19)11-7-10(15)4-5-12(11)16/h2-7H,8H2,1H3,(H,18,19). The van der Waals surface area contributed by atoms with Crippen molar-refractivity contribution in [2.75, 3.05) is 0 Å². The summed E-state index contributed by atoms with van der Waals surface area (Å²) in [6.45, 7) is 2.19. The molecule has 98 valence electrons. The van der Waals surface area contributed by atoms with Crippen LogP contribution >= 0.6 is 15.9 Å². The highest BCUT2D eigenvalue weighted by Crippen LogP contribution is 2.15. The highest BCUT2D eigenvalue weighted by Gasteiger charge is 2.12. The molecule has 0 aliphatic heterocycles. The first-order valence-electron chi connectivity index (χ1n) is 5.71. The van der Waals surface area contributed by atoms with E-state index in [0.717, 1.165) is 11.3 Å². The number of aryl methyl sites for hydroxylation is 1. The van der Waals surface area contributed by atoms with E-state index in [-0.39, 0.29) is 12.1 Å². The second-order valence-corrected chi connectivity index (χ2v) is 4.99. The normalized spacial score (nSPS) is 10.3. The van der Waals surface area contributed by atoms with Gasteiger partial charge in [-0.1, -0.05) is 22.0 Å². The average molecular weight is 323 g/mol. The molecule has 0 unspecified atom stereocenters. The predicted molar refractivity (Wildman–Crippen MR) is 74.2 cm³/mol. The van der Waals surface area contributed by atoms with Crippen LogP contribution in [0, 0.1) is 12.7 Å². The summed E-state index contributed by atoms with van der Waals surface area (Å²) in [5.41, 5.74) is 1.77. The molecule has 1 aromatic carbocycles. The highest BCUT2D eigenvalue weighted by atomic mass is 79.9. The molecule has 5 heteroatoms. The molecule has 0 saturated carbocycles. The van der Waals surface area contributed by atoms with Crippen LogP contribution in [-0.4, -0.2) is 10.9 Å². The molecular weight excluding hydrogens is 311 g/mol. The van der Waals surface area contributed by atoms with Crippen molar-refractivity contribution in [2.24, 2.45) is 0 Å². The van der Waals surface area contributed by atoms with E-state index in [0.29, 0.717) is 4.47 Å². The molecule has 0 radical (unpaired) electrons. The van der Waals surface area contributed by atoms with Gasteiger partial charge in [0.25, 0.3) is 5.91 Å². The van der Waals surface area contributed by atoms with Gasteiger partial charge >= 0.3 is 0 Å². The zero-order valence-electron chi connectivity index (χ0n) is 10.3. The van der Waals surface area contributed by atoms with Crippen LogP contribution in [0.5, 0.6) is 0 Å². The van der Waals surface area contributed by atoms with E-state index in [1.807, 2.05) is 19.1 Å². The molecule has 0 aliphatic carbocycles. The van der Waals surface area contributed by atoms with Gasteiger partial charge in [-0.3, -0.25) is 9.78 Å². The van der Waals surface area contributed by atoms with E-state index < -0.39 is 11.7 Å². The summed E-state index contributed by atoms with van der Waals surface area (Å²) >= 11 is 3.21. The summed E-state index contributed by atoms with van der Waals surface area (Å²) in [4.78, 5) is 16.1. The minimum absolute atomic E-state index is 0.0166. The SMILES string of the molecule is Cc1cccnc1CNC(=O)c1cc(Br)ccc1F. The van der Waals surface area contributed by atoms with Gasteiger partial charge in [0.2, 0.25) is 0 Å². The number of hydrogen-bond acceptors (Lipinski definition) is 2. The fourth-order valence-corrected chi connectivity index (χ4v) is 2.00. The molecular formula is C14H12BrFN2O. The lowest BCUT2D eigenvalue weighted by Gasteiger charge is -2.08. The van der Waals surface area contributed by atoms with Crippen molar-refractivity contribution in [3.63, 3.8) is 0 Å². The number of rotatable bonds is 3. The maximum Gasteiger partial charge on any atom is 0.254 e. The van der Waals surface area contributed by atoms with Gasteiger partial charge in [-0.05, 0) is 36.8 Å². The molecule has 2 aromatic rings. The van der Waals surface area contributed by atoms with Gasteiger partial charge in [-0.2, -0.15) is 0 Å². The Bertz CT molecular complexity index is 616. The van der Waals surface area contributed by atoms with Crippen LogP contribution in [0.15, 0.2) is 41.0 Å². The van der Waals surface area contributed by atoms with Crippen molar-refractivity contribution in [2.45, 2.75) is 13.5 Å². The van der Waals surface area contributed by atoms with Crippen LogP contribution in [0.25, 0.3) is 0 Å². The number of carbonyl (C=O) groups is 1. The van der Waals surface area contributed by atoms with Crippen molar-refractivity contribution in [3.8, 4) is 0 Å². The van der Waals surface area contributed by atoms with Gasteiger partial charge in [0.05, 0.1) is 17.8 Å². The fraction of sp³-hybridized carbons (Fsp3) is 0.143. The number of pyridine rings is 1. The van der Waals surface area contributed by atoms with Gasteiger partial charge in [-0.15, -0.1) is 0 Å². The predicted octanol–water partition coefficient (Wildman–Crippen LogP) is 3.22. The van der Waals surface area contributed by atoms with Crippen molar-refractivity contribution < 1.29 is 9.18 Å². The molecule has 0 atom stereocenters. The number of nitrogens with one attached hydrogen (secondary N) is 1. The second-order valence-electron chi connectivity index (χ2n) is 4.07. The Labute approximate surface area is 119 Å². The summed E-state index contributed by atoms with van der Waals surface area (Å²) in [7, 11) is 0. The lowest BCUT2D eigenvalue weighted by atomic mass is 10.2. The molecule has 0 fully saturated rings. The number of benzene rings is 1. The van der Waals surface area contributed by atoms with E-state index in [1.54, 1.807) is 12.3 Å². The monoisotopic (exact) mass is 322 g/mol. The third-order valence-corrected chi connectivity index (χ3v) is 3.20. The summed E-state index contributed by atoms with van der Waals surface area (Å²) in [5.74, 6) is -0.998. The van der Waals surface area contributed by atoms with Crippen molar-refractivity contribution in [1.29, 1.82) is 0 Å². The molecule has 0 bridgehead atoms. The molecule has 1 N–H and O–H groups in total. The van der Waals surface area contributed by atoms with Crippen LogP contribution in [0.1, 0.15) is 21.6 Å². The zero-order chi connectivity index (χ0) is 13.8. The van der Waals surface area contributed by atoms with Crippen LogP contribution in [0.2, 0.25) is 0 Å². The van der Waals surface area contributed by atoms with Crippen LogP contribution in [0.4, 0.5) is 4.39 Å². The second kappa shape index (κ2) is 5.93. The van der Waals surface area contributed by atoms with Crippen LogP contribution in [-0.2, 0) is 6.54 Å². The van der Waals surface area contributed by atoms with Gasteiger partial charge in [0.15, 0.2) is 0 Å². The molecule has 19 heavy (non-hydrogen) atoms. The van der Waals surface area contributed by atoms with Crippen molar-refractivity contribution in [3.05, 3.63) is 63.6 Å².